The first kappa shape index (κ1) is 15.1. The van der Waals surface area contributed by atoms with Crippen molar-refractivity contribution in [3.8, 4) is 0 Å². The second-order valence-electron chi connectivity index (χ2n) is 4.20. The summed E-state index contributed by atoms with van der Waals surface area (Å²) in [7, 11) is -3.91. The molecule has 0 bridgehead atoms. The molecule has 0 radical (unpaired) electrons. The van der Waals surface area contributed by atoms with Crippen LogP contribution in [-0.2, 0) is 10.1 Å². The van der Waals surface area contributed by atoms with Crippen LogP contribution in [0.4, 0.5) is 5.82 Å². The van der Waals surface area contributed by atoms with Gasteiger partial charge in [0.15, 0.2) is 0 Å². The Morgan fingerprint density at radius 2 is 1.95 bits per heavy atom. The van der Waals surface area contributed by atoms with E-state index in [2.05, 4.69) is 10.1 Å². The molecule has 0 unspecified atom stereocenters. The number of hydrogen-bond acceptors (Lipinski definition) is 6. The highest BCUT2D eigenvalue weighted by Gasteiger charge is 2.10. The number of nitrogens with two attached hydrogens (primary N) is 1. The summed E-state index contributed by atoms with van der Waals surface area (Å²) in [5.74, 6) is 0.124. The van der Waals surface area contributed by atoms with Crippen molar-refractivity contribution in [2.75, 3.05) is 11.5 Å². The van der Waals surface area contributed by atoms with Gasteiger partial charge in [0.1, 0.15) is 12.4 Å². The molecule has 0 saturated heterocycles. The molecule has 21 heavy (non-hydrogen) atoms. The van der Waals surface area contributed by atoms with E-state index in [0.29, 0.717) is 5.82 Å². The minimum atomic E-state index is -3.91. The number of nitrogens with zero attached hydrogens (tertiary/aromatic N) is 3. The third-order valence-electron chi connectivity index (χ3n) is 2.72. The SMILES string of the molecule is CCS(=O)(=O)[O-].Nc1cn[n+]2ccc3ccccc3c2n1. The predicted octanol–water partition coefficient (Wildman–Crippen LogP) is 0.502. The molecule has 110 valence electrons. The smallest absolute Gasteiger partial charge is 0.358 e. The fourth-order valence-electron chi connectivity index (χ4n) is 1.67. The molecule has 2 aromatic heterocycles. The van der Waals surface area contributed by atoms with Crippen molar-refractivity contribution < 1.29 is 17.5 Å². The maximum Gasteiger partial charge on any atom is 0.358 e. The number of fused-ring (bicyclic) bond motifs is 3. The Morgan fingerprint density at radius 3 is 2.62 bits per heavy atom. The largest absolute Gasteiger partial charge is 0.748 e. The van der Waals surface area contributed by atoms with Crippen LogP contribution in [0.2, 0.25) is 0 Å². The summed E-state index contributed by atoms with van der Waals surface area (Å²) >= 11 is 0. The summed E-state index contributed by atoms with van der Waals surface area (Å²) < 4.78 is 30.1. The lowest BCUT2D eigenvalue weighted by Gasteiger charge is -1.97. The third kappa shape index (κ3) is 3.83. The summed E-state index contributed by atoms with van der Waals surface area (Å²) in [5.41, 5.74) is 6.41. The molecule has 3 aromatic rings. The van der Waals surface area contributed by atoms with Gasteiger partial charge in [-0.25, -0.2) is 8.42 Å². The van der Waals surface area contributed by atoms with E-state index in [-0.39, 0.29) is 5.75 Å². The Bertz CT molecular complexity index is 881. The molecule has 0 aliphatic heterocycles. The summed E-state index contributed by atoms with van der Waals surface area (Å²) in [6, 6.07) is 10.0. The average molecular weight is 306 g/mol. The Balaban J connectivity index is 0.000000232. The van der Waals surface area contributed by atoms with Crippen molar-refractivity contribution in [1.82, 2.24) is 10.1 Å². The lowest BCUT2D eigenvalue weighted by molar-refractivity contribution is -0.582. The molecule has 2 heterocycles. The van der Waals surface area contributed by atoms with Gasteiger partial charge in [0.2, 0.25) is 0 Å². The molecule has 3 rings (SSSR count). The zero-order chi connectivity index (χ0) is 15.5. The normalized spacial score (nSPS) is 11.1. The Kier molecular flexibility index (Phi) is 4.29. The highest BCUT2D eigenvalue weighted by Crippen LogP contribution is 2.14. The molecule has 0 saturated carbocycles. The maximum atomic E-state index is 9.44. The summed E-state index contributed by atoms with van der Waals surface area (Å²) in [5, 5.41) is 6.35. The molecule has 0 aliphatic rings. The summed E-state index contributed by atoms with van der Waals surface area (Å²) in [6.45, 7) is 1.31. The van der Waals surface area contributed by atoms with Crippen molar-refractivity contribution in [2.45, 2.75) is 6.92 Å². The van der Waals surface area contributed by atoms with Crippen LogP contribution in [0.1, 0.15) is 6.92 Å². The minimum Gasteiger partial charge on any atom is -0.748 e. The van der Waals surface area contributed by atoms with Crippen molar-refractivity contribution in [3.63, 3.8) is 0 Å². The van der Waals surface area contributed by atoms with Crippen LogP contribution < -0.4 is 10.2 Å². The first-order valence-electron chi connectivity index (χ1n) is 6.16. The molecule has 1 aromatic carbocycles. The summed E-state index contributed by atoms with van der Waals surface area (Å²) in [4.78, 5) is 4.28. The first-order chi connectivity index (χ1) is 9.90. The van der Waals surface area contributed by atoms with Crippen LogP contribution in [0.25, 0.3) is 16.4 Å². The molecule has 0 amide bonds. The van der Waals surface area contributed by atoms with Crippen LogP contribution in [0.3, 0.4) is 0 Å². The second kappa shape index (κ2) is 5.98. The highest BCUT2D eigenvalue weighted by molar-refractivity contribution is 7.85. The zero-order valence-corrected chi connectivity index (χ0v) is 12.1. The number of nitrogen functional groups attached to an aromatic ring is 1. The minimum absolute atomic E-state index is 0.312. The standard InChI is InChI=1S/C11H8N4.C2H6O3S/c12-10-7-13-15-6-5-8-3-1-2-4-9(8)11(15)14-10;1-2-6(3,4)5/h1-7,12H;2H2,1H3,(H,3,4,5). The van der Waals surface area contributed by atoms with Gasteiger partial charge in [0.25, 0.3) is 5.82 Å². The zero-order valence-electron chi connectivity index (χ0n) is 11.3. The molecule has 0 aliphatic carbocycles. The van der Waals surface area contributed by atoms with E-state index in [9.17, 15) is 13.0 Å². The van der Waals surface area contributed by atoms with Gasteiger partial charge >= 0.3 is 5.65 Å². The van der Waals surface area contributed by atoms with Crippen LogP contribution in [-0.4, -0.2) is 28.8 Å². The van der Waals surface area contributed by atoms with Gasteiger partial charge in [0, 0.05) is 5.75 Å². The Morgan fingerprint density at radius 1 is 1.29 bits per heavy atom. The van der Waals surface area contributed by atoms with Crippen LogP contribution in [0, 0.1) is 0 Å². The Labute approximate surface area is 121 Å². The van der Waals surface area contributed by atoms with E-state index in [4.69, 9.17) is 5.73 Å². The summed E-state index contributed by atoms with van der Waals surface area (Å²) in [6.07, 6.45) is 3.42. The second-order valence-corrected chi connectivity index (χ2v) is 5.89. The third-order valence-corrected chi connectivity index (χ3v) is 3.42. The van der Waals surface area contributed by atoms with Gasteiger partial charge in [-0.3, -0.25) is 0 Å². The van der Waals surface area contributed by atoms with Crippen LogP contribution in [0.5, 0.6) is 0 Å². The molecule has 7 nitrogen and oxygen atoms in total. The van der Waals surface area contributed by atoms with E-state index in [1.54, 1.807) is 10.7 Å². The first-order valence-corrected chi connectivity index (χ1v) is 7.74. The van der Waals surface area contributed by atoms with Gasteiger partial charge in [-0.1, -0.05) is 30.2 Å². The van der Waals surface area contributed by atoms with E-state index >= 15 is 0 Å². The average Bonchev–Trinajstić information content (AvgIpc) is 2.47. The van der Waals surface area contributed by atoms with Gasteiger partial charge in [-0.15, -0.1) is 4.52 Å². The highest BCUT2D eigenvalue weighted by atomic mass is 32.2. The predicted molar refractivity (Wildman–Crippen MR) is 77.3 cm³/mol. The van der Waals surface area contributed by atoms with E-state index in [1.807, 2.05) is 36.5 Å². The quantitative estimate of drug-likeness (QED) is 0.398. The van der Waals surface area contributed by atoms with Crippen molar-refractivity contribution in [3.05, 3.63) is 42.7 Å². The van der Waals surface area contributed by atoms with Crippen molar-refractivity contribution in [2.24, 2.45) is 0 Å². The van der Waals surface area contributed by atoms with Gasteiger partial charge in [-0.2, -0.15) is 0 Å². The molecular formula is C13H14N4O3S. The molecule has 0 atom stereocenters. The lowest BCUT2D eigenvalue weighted by atomic mass is 10.2. The topological polar surface area (TPSA) is 113 Å². The van der Waals surface area contributed by atoms with Crippen LogP contribution >= 0.6 is 0 Å². The fraction of sp³-hybridized carbons (Fsp3) is 0.154. The van der Waals surface area contributed by atoms with E-state index in [0.717, 1.165) is 16.4 Å². The maximum absolute atomic E-state index is 9.44. The van der Waals surface area contributed by atoms with E-state index < -0.39 is 10.1 Å². The van der Waals surface area contributed by atoms with Gasteiger partial charge in [-0.05, 0) is 22.5 Å². The Hall–Kier alpha value is -2.32. The van der Waals surface area contributed by atoms with Crippen LogP contribution in [0.15, 0.2) is 42.7 Å². The number of rotatable bonds is 1. The van der Waals surface area contributed by atoms with Crippen molar-refractivity contribution >= 4 is 32.4 Å². The van der Waals surface area contributed by atoms with Gasteiger partial charge < -0.3 is 10.3 Å². The molecule has 0 fully saturated rings. The number of anilines is 1. The van der Waals surface area contributed by atoms with Crippen molar-refractivity contribution in [1.29, 1.82) is 0 Å². The number of benzene rings is 1. The number of pyridine rings is 1. The monoisotopic (exact) mass is 306 g/mol. The molecular weight excluding hydrogens is 292 g/mol. The molecule has 2 N–H and O–H groups in total. The fourth-order valence-corrected chi connectivity index (χ4v) is 1.67. The van der Waals surface area contributed by atoms with Gasteiger partial charge in [0.05, 0.1) is 15.5 Å². The number of aromatic nitrogens is 3. The lowest BCUT2D eigenvalue weighted by Crippen LogP contribution is -2.27. The molecule has 0 spiro atoms. The number of hydrogen-bond donors (Lipinski definition) is 1. The molecule has 8 heteroatoms. The van der Waals surface area contributed by atoms with E-state index in [1.165, 1.54) is 6.92 Å².